The minimum absolute atomic E-state index is 0.0911. The Kier molecular flexibility index (Phi) is 3.30. The zero-order valence-corrected chi connectivity index (χ0v) is 10.1. The molecule has 0 amide bonds. The first-order valence-corrected chi connectivity index (χ1v) is 6.74. The highest BCUT2D eigenvalue weighted by Crippen LogP contribution is 2.13. The highest BCUT2D eigenvalue weighted by molar-refractivity contribution is 7.91. The number of aromatic amines is 1. The Balaban J connectivity index is 2.16. The van der Waals surface area contributed by atoms with Crippen LogP contribution in [-0.4, -0.2) is 18.6 Å². The number of nitrogens with one attached hydrogen (secondary N) is 2. The summed E-state index contributed by atoms with van der Waals surface area (Å²) >= 11 is 0. The number of nitriles is 1. The van der Waals surface area contributed by atoms with Crippen LogP contribution >= 0.6 is 0 Å². The molecular weight excluding hydrogens is 252 g/mol. The van der Waals surface area contributed by atoms with Crippen LogP contribution in [-0.2, 0) is 15.8 Å². The Morgan fingerprint density at radius 2 is 2.06 bits per heavy atom. The highest BCUT2D eigenvalue weighted by atomic mass is 32.2. The van der Waals surface area contributed by atoms with Gasteiger partial charge in [-0.15, -0.1) is 0 Å². The number of rotatable bonds is 4. The summed E-state index contributed by atoms with van der Waals surface area (Å²) in [6.45, 7) is 0. The summed E-state index contributed by atoms with van der Waals surface area (Å²) in [6, 6.07) is 10.6. The van der Waals surface area contributed by atoms with Crippen LogP contribution in [0.3, 0.4) is 0 Å². The van der Waals surface area contributed by atoms with E-state index in [0.29, 0.717) is 5.56 Å². The quantitative estimate of drug-likeness (QED) is 0.865. The summed E-state index contributed by atoms with van der Waals surface area (Å²) in [5.41, 5.74) is 0.828. The number of anilines is 1. The number of benzene rings is 1. The van der Waals surface area contributed by atoms with Gasteiger partial charge < -0.3 is 0 Å². The molecule has 0 saturated heterocycles. The summed E-state index contributed by atoms with van der Waals surface area (Å²) in [6.07, 6.45) is 1.26. The Hall–Kier alpha value is -2.33. The Labute approximate surface area is 104 Å². The minimum Gasteiger partial charge on any atom is -0.266 e. The van der Waals surface area contributed by atoms with Crippen molar-refractivity contribution in [3.63, 3.8) is 0 Å². The fourth-order valence-corrected chi connectivity index (χ4v) is 2.60. The molecule has 0 aliphatic heterocycles. The maximum atomic E-state index is 11.9. The summed E-state index contributed by atoms with van der Waals surface area (Å²) in [5, 5.41) is 14.8. The van der Waals surface area contributed by atoms with Gasteiger partial charge in [-0.25, -0.2) is 8.42 Å². The van der Waals surface area contributed by atoms with Gasteiger partial charge in [-0.05, 0) is 5.56 Å². The van der Waals surface area contributed by atoms with Gasteiger partial charge in [-0.2, -0.15) is 10.4 Å². The molecule has 0 fully saturated rings. The van der Waals surface area contributed by atoms with Gasteiger partial charge >= 0.3 is 0 Å². The van der Waals surface area contributed by atoms with Gasteiger partial charge in [0.2, 0.25) is 10.0 Å². The van der Waals surface area contributed by atoms with Gasteiger partial charge in [-0.1, -0.05) is 30.3 Å². The number of hydrogen-bond donors (Lipinski definition) is 2. The molecule has 0 atom stereocenters. The molecule has 7 heteroatoms. The number of nitrogens with zero attached hydrogens (tertiary/aromatic N) is 2. The molecule has 1 heterocycles. The van der Waals surface area contributed by atoms with E-state index in [1.165, 1.54) is 6.20 Å². The van der Waals surface area contributed by atoms with Crippen molar-refractivity contribution >= 4 is 15.8 Å². The molecule has 0 saturated carbocycles. The van der Waals surface area contributed by atoms with E-state index >= 15 is 0 Å². The van der Waals surface area contributed by atoms with E-state index in [0.717, 1.165) is 0 Å². The smallest absolute Gasteiger partial charge is 0.238 e. The molecule has 0 aliphatic rings. The number of sulfonamides is 1. The van der Waals surface area contributed by atoms with Gasteiger partial charge in [0.05, 0.1) is 11.9 Å². The van der Waals surface area contributed by atoms with Crippen molar-refractivity contribution in [2.24, 2.45) is 0 Å². The fourth-order valence-electron chi connectivity index (χ4n) is 1.43. The van der Waals surface area contributed by atoms with Crippen molar-refractivity contribution in [2.45, 2.75) is 5.75 Å². The molecule has 92 valence electrons. The molecule has 2 aromatic rings. The third-order valence-electron chi connectivity index (χ3n) is 2.22. The molecule has 0 aliphatic carbocycles. The number of hydrogen-bond acceptors (Lipinski definition) is 4. The Morgan fingerprint density at radius 1 is 1.33 bits per heavy atom. The van der Waals surface area contributed by atoms with Crippen LogP contribution in [0.2, 0.25) is 0 Å². The Morgan fingerprint density at radius 3 is 2.72 bits per heavy atom. The molecule has 2 rings (SSSR count). The lowest BCUT2D eigenvalue weighted by Crippen LogP contribution is -2.16. The second kappa shape index (κ2) is 4.89. The molecule has 6 nitrogen and oxygen atoms in total. The van der Waals surface area contributed by atoms with E-state index in [2.05, 4.69) is 14.9 Å². The number of H-pyrrole nitrogens is 1. The third-order valence-corrected chi connectivity index (χ3v) is 3.45. The number of aromatic nitrogens is 2. The molecule has 18 heavy (non-hydrogen) atoms. The SMILES string of the molecule is N#Cc1cn[nH]c1NS(=O)(=O)Cc1ccccc1. The predicted octanol–water partition coefficient (Wildman–Crippen LogP) is 1.22. The summed E-state index contributed by atoms with van der Waals surface area (Å²) in [5.74, 6) is -0.0639. The maximum Gasteiger partial charge on any atom is 0.238 e. The molecule has 1 aromatic heterocycles. The molecule has 0 bridgehead atoms. The van der Waals surface area contributed by atoms with Gasteiger partial charge in [0.15, 0.2) is 5.82 Å². The minimum atomic E-state index is -3.56. The monoisotopic (exact) mass is 262 g/mol. The molecule has 2 N–H and O–H groups in total. The molecule has 1 aromatic carbocycles. The highest BCUT2D eigenvalue weighted by Gasteiger charge is 2.15. The largest absolute Gasteiger partial charge is 0.266 e. The van der Waals surface area contributed by atoms with Crippen LogP contribution in [0.25, 0.3) is 0 Å². The zero-order chi connectivity index (χ0) is 13.0. The van der Waals surface area contributed by atoms with Crippen LogP contribution in [0.1, 0.15) is 11.1 Å². The van der Waals surface area contributed by atoms with Crippen LogP contribution in [0, 0.1) is 11.3 Å². The predicted molar refractivity (Wildman–Crippen MR) is 66.0 cm³/mol. The van der Waals surface area contributed by atoms with Crippen molar-refractivity contribution < 1.29 is 8.42 Å². The lowest BCUT2D eigenvalue weighted by atomic mass is 10.2. The zero-order valence-electron chi connectivity index (χ0n) is 9.29. The average molecular weight is 262 g/mol. The lowest BCUT2D eigenvalue weighted by molar-refractivity contribution is 0.600. The first kappa shape index (κ1) is 12.1. The van der Waals surface area contributed by atoms with Gasteiger partial charge in [0.25, 0.3) is 0 Å². The summed E-state index contributed by atoms with van der Waals surface area (Å²) < 4.78 is 26.0. The van der Waals surface area contributed by atoms with Crippen LogP contribution in [0.4, 0.5) is 5.82 Å². The van der Waals surface area contributed by atoms with Gasteiger partial charge in [-0.3, -0.25) is 9.82 Å². The van der Waals surface area contributed by atoms with Gasteiger partial charge in [0.1, 0.15) is 11.6 Å². The molecular formula is C11H10N4O2S. The fraction of sp³-hybridized carbons (Fsp3) is 0.0909. The van der Waals surface area contributed by atoms with Crippen LogP contribution < -0.4 is 4.72 Å². The second-order valence-electron chi connectivity index (χ2n) is 3.62. The van der Waals surface area contributed by atoms with E-state index < -0.39 is 10.0 Å². The molecule has 0 radical (unpaired) electrons. The second-order valence-corrected chi connectivity index (χ2v) is 5.34. The molecule has 0 unspecified atom stereocenters. The lowest BCUT2D eigenvalue weighted by Gasteiger charge is -2.06. The Bertz CT molecular complexity index is 671. The van der Waals surface area contributed by atoms with E-state index in [1.54, 1.807) is 24.3 Å². The standard InChI is InChI=1S/C11H10N4O2S/c12-6-10-7-13-14-11(10)15-18(16,17)8-9-4-2-1-3-5-9/h1-5,7H,8H2,(H2,13,14,15). The van der Waals surface area contributed by atoms with Crippen molar-refractivity contribution in [3.05, 3.63) is 47.7 Å². The van der Waals surface area contributed by atoms with Crippen molar-refractivity contribution in [1.82, 2.24) is 10.2 Å². The van der Waals surface area contributed by atoms with Crippen LogP contribution in [0.5, 0.6) is 0 Å². The van der Waals surface area contributed by atoms with Gasteiger partial charge in [0, 0.05) is 0 Å². The average Bonchev–Trinajstić information content (AvgIpc) is 2.76. The summed E-state index contributed by atoms with van der Waals surface area (Å²) in [7, 11) is -3.56. The van der Waals surface area contributed by atoms with E-state index in [9.17, 15) is 8.42 Å². The van der Waals surface area contributed by atoms with Crippen LogP contribution in [0.15, 0.2) is 36.5 Å². The van der Waals surface area contributed by atoms with Crippen molar-refractivity contribution in [1.29, 1.82) is 5.26 Å². The third kappa shape index (κ3) is 2.87. The topological polar surface area (TPSA) is 98.6 Å². The normalized spacial score (nSPS) is 10.8. The van der Waals surface area contributed by atoms with Crippen molar-refractivity contribution in [2.75, 3.05) is 4.72 Å². The maximum absolute atomic E-state index is 11.9. The van der Waals surface area contributed by atoms with E-state index in [-0.39, 0.29) is 17.1 Å². The van der Waals surface area contributed by atoms with E-state index in [1.807, 2.05) is 12.1 Å². The first-order valence-electron chi connectivity index (χ1n) is 5.08. The summed E-state index contributed by atoms with van der Waals surface area (Å²) in [4.78, 5) is 0. The van der Waals surface area contributed by atoms with E-state index in [4.69, 9.17) is 5.26 Å². The first-order chi connectivity index (χ1) is 8.61. The van der Waals surface area contributed by atoms with Crippen molar-refractivity contribution in [3.8, 4) is 6.07 Å². The molecule has 0 spiro atoms.